The van der Waals surface area contributed by atoms with Crippen molar-refractivity contribution in [2.24, 2.45) is 0 Å². The van der Waals surface area contributed by atoms with E-state index < -0.39 is 5.60 Å². The summed E-state index contributed by atoms with van der Waals surface area (Å²) in [5.74, 6) is 0.772. The van der Waals surface area contributed by atoms with Gasteiger partial charge in [0.1, 0.15) is 5.75 Å². The third-order valence-corrected chi connectivity index (χ3v) is 4.38. The van der Waals surface area contributed by atoms with Crippen LogP contribution in [-0.4, -0.2) is 30.4 Å². The van der Waals surface area contributed by atoms with Gasteiger partial charge in [-0.2, -0.15) is 0 Å². The van der Waals surface area contributed by atoms with Gasteiger partial charge >= 0.3 is 6.03 Å². The van der Waals surface area contributed by atoms with E-state index >= 15 is 0 Å². The maximum atomic E-state index is 12.1. The fourth-order valence-electron chi connectivity index (χ4n) is 2.75. The molecule has 0 saturated heterocycles. The first-order valence-electron chi connectivity index (χ1n) is 9.10. The number of nitrogens with one attached hydrogen (secondary N) is 2. The number of methoxy groups -OCH3 is 1. The fraction of sp³-hybridized carbons (Fsp3) is 0.409. The van der Waals surface area contributed by atoms with Gasteiger partial charge in [0, 0.05) is 18.7 Å². The van der Waals surface area contributed by atoms with E-state index in [1.165, 1.54) is 5.56 Å². The topological polar surface area (TPSA) is 70.6 Å². The molecule has 0 heterocycles. The number of carbonyl (C=O) groups is 1. The lowest BCUT2D eigenvalue weighted by molar-refractivity contribution is 0.0629. The molecule has 5 heteroatoms. The summed E-state index contributed by atoms with van der Waals surface area (Å²) >= 11 is 0. The van der Waals surface area contributed by atoms with Crippen LogP contribution in [0.1, 0.15) is 38.8 Å². The average Bonchev–Trinajstić information content (AvgIpc) is 2.60. The summed E-state index contributed by atoms with van der Waals surface area (Å²) < 4.78 is 5.13. The van der Waals surface area contributed by atoms with Gasteiger partial charge in [-0.15, -0.1) is 0 Å². The molecule has 1 atom stereocenters. The summed E-state index contributed by atoms with van der Waals surface area (Å²) in [4.78, 5) is 12.1. The monoisotopic (exact) mass is 370 g/mol. The summed E-state index contributed by atoms with van der Waals surface area (Å²) in [5, 5.41) is 16.1. The molecule has 27 heavy (non-hydrogen) atoms. The fourth-order valence-corrected chi connectivity index (χ4v) is 2.75. The highest BCUT2D eigenvalue weighted by Gasteiger charge is 2.22. The minimum absolute atomic E-state index is 0.0704. The van der Waals surface area contributed by atoms with Crippen molar-refractivity contribution in [3.63, 3.8) is 0 Å². The molecular weight excluding hydrogens is 340 g/mol. The predicted octanol–water partition coefficient (Wildman–Crippen LogP) is 4.11. The van der Waals surface area contributed by atoms with Crippen molar-refractivity contribution in [1.29, 1.82) is 0 Å². The van der Waals surface area contributed by atoms with Crippen molar-refractivity contribution in [3.05, 3.63) is 59.7 Å². The second-order valence-corrected chi connectivity index (χ2v) is 8.16. The maximum Gasteiger partial charge on any atom is 0.319 e. The Kier molecular flexibility index (Phi) is 6.50. The molecule has 1 unspecified atom stereocenters. The van der Waals surface area contributed by atoms with E-state index in [1.54, 1.807) is 14.0 Å². The van der Waals surface area contributed by atoms with Crippen LogP contribution in [0.4, 0.5) is 10.5 Å². The summed E-state index contributed by atoms with van der Waals surface area (Å²) in [7, 11) is 1.62. The average molecular weight is 370 g/mol. The number of amides is 2. The molecule has 0 aliphatic heterocycles. The highest BCUT2D eigenvalue weighted by molar-refractivity contribution is 5.89. The summed E-state index contributed by atoms with van der Waals surface area (Å²) in [5.41, 5.74) is 1.91. The Morgan fingerprint density at radius 3 is 2.11 bits per heavy atom. The Morgan fingerprint density at radius 2 is 1.59 bits per heavy atom. The first-order chi connectivity index (χ1) is 12.6. The molecule has 0 saturated carbocycles. The van der Waals surface area contributed by atoms with Crippen LogP contribution in [0.25, 0.3) is 0 Å². The predicted molar refractivity (Wildman–Crippen MR) is 109 cm³/mol. The second kappa shape index (κ2) is 8.44. The zero-order valence-corrected chi connectivity index (χ0v) is 16.8. The summed E-state index contributed by atoms with van der Waals surface area (Å²) in [6.07, 6.45) is 0.428. The first kappa shape index (κ1) is 20.8. The van der Waals surface area contributed by atoms with E-state index in [-0.39, 0.29) is 18.0 Å². The molecule has 0 aliphatic carbocycles. The number of aliphatic hydroxyl groups is 1. The van der Waals surface area contributed by atoms with Crippen molar-refractivity contribution >= 4 is 11.7 Å². The van der Waals surface area contributed by atoms with E-state index in [1.807, 2.05) is 48.5 Å². The summed E-state index contributed by atoms with van der Waals surface area (Å²) in [6, 6.07) is 15.0. The van der Waals surface area contributed by atoms with Gasteiger partial charge in [-0.05, 0) is 47.7 Å². The quantitative estimate of drug-likeness (QED) is 0.717. The lowest BCUT2D eigenvalue weighted by atomic mass is 9.87. The molecule has 0 aromatic heterocycles. The van der Waals surface area contributed by atoms with Crippen LogP contribution in [0.5, 0.6) is 5.75 Å². The van der Waals surface area contributed by atoms with Gasteiger partial charge in [-0.3, -0.25) is 0 Å². The molecule has 0 fully saturated rings. The van der Waals surface area contributed by atoms with E-state index in [0.717, 1.165) is 17.0 Å². The van der Waals surface area contributed by atoms with Gasteiger partial charge in [0.15, 0.2) is 0 Å². The minimum Gasteiger partial charge on any atom is -0.497 e. The van der Waals surface area contributed by atoms with Crippen molar-refractivity contribution < 1.29 is 14.6 Å². The molecule has 3 N–H and O–H groups in total. The van der Waals surface area contributed by atoms with Crippen molar-refractivity contribution in [2.45, 2.75) is 45.1 Å². The molecule has 2 aromatic carbocycles. The second-order valence-electron chi connectivity index (χ2n) is 8.16. The normalized spacial score (nSPS) is 13.6. The molecule has 146 valence electrons. The van der Waals surface area contributed by atoms with E-state index in [2.05, 4.69) is 31.4 Å². The molecule has 2 amide bonds. The van der Waals surface area contributed by atoms with Crippen molar-refractivity contribution in [1.82, 2.24) is 5.32 Å². The Bertz CT molecular complexity index is 745. The van der Waals surface area contributed by atoms with Crippen LogP contribution < -0.4 is 15.4 Å². The van der Waals surface area contributed by atoms with Crippen molar-refractivity contribution in [3.8, 4) is 5.75 Å². The van der Waals surface area contributed by atoms with Gasteiger partial charge < -0.3 is 20.5 Å². The van der Waals surface area contributed by atoms with Gasteiger partial charge in [0.25, 0.3) is 0 Å². The Hall–Kier alpha value is -2.53. The SMILES string of the molecule is COc1ccc(CC(C)(O)CNC(=O)Nc2ccc(C(C)(C)C)cc2)cc1. The van der Waals surface area contributed by atoms with Crippen molar-refractivity contribution in [2.75, 3.05) is 19.0 Å². The van der Waals surface area contributed by atoms with Crippen LogP contribution in [0.3, 0.4) is 0 Å². The number of ether oxygens (including phenoxy) is 1. The molecule has 0 spiro atoms. The lowest BCUT2D eigenvalue weighted by Crippen LogP contribution is -2.43. The molecule has 2 rings (SSSR count). The maximum absolute atomic E-state index is 12.1. The van der Waals surface area contributed by atoms with E-state index in [9.17, 15) is 9.90 Å². The molecule has 5 nitrogen and oxygen atoms in total. The van der Waals surface area contributed by atoms with Crippen LogP contribution in [-0.2, 0) is 11.8 Å². The largest absolute Gasteiger partial charge is 0.497 e. The van der Waals surface area contributed by atoms with Crippen LogP contribution in [0.2, 0.25) is 0 Å². The van der Waals surface area contributed by atoms with Crippen LogP contribution in [0.15, 0.2) is 48.5 Å². The Morgan fingerprint density at radius 1 is 1.00 bits per heavy atom. The third kappa shape index (κ3) is 6.61. The van der Waals surface area contributed by atoms with Gasteiger partial charge in [-0.25, -0.2) is 4.79 Å². The zero-order valence-electron chi connectivity index (χ0n) is 16.8. The van der Waals surface area contributed by atoms with E-state index in [0.29, 0.717) is 6.42 Å². The number of benzene rings is 2. The first-order valence-corrected chi connectivity index (χ1v) is 9.10. The number of urea groups is 1. The number of hydrogen-bond acceptors (Lipinski definition) is 3. The van der Waals surface area contributed by atoms with Crippen LogP contribution >= 0.6 is 0 Å². The smallest absolute Gasteiger partial charge is 0.319 e. The Balaban J connectivity index is 1.86. The third-order valence-electron chi connectivity index (χ3n) is 4.38. The zero-order chi connectivity index (χ0) is 20.1. The van der Waals surface area contributed by atoms with Gasteiger partial charge in [0.2, 0.25) is 0 Å². The number of rotatable bonds is 6. The highest BCUT2D eigenvalue weighted by atomic mass is 16.5. The molecule has 0 radical (unpaired) electrons. The minimum atomic E-state index is -1.05. The number of carbonyl (C=O) groups excluding carboxylic acids is 1. The standard InChI is InChI=1S/C22H30N2O3/c1-21(2,3)17-8-10-18(11-9-17)24-20(25)23-15-22(4,26)14-16-6-12-19(27-5)13-7-16/h6-13,26H,14-15H2,1-5H3,(H2,23,24,25). The molecular formula is C22H30N2O3. The van der Waals surface area contributed by atoms with E-state index in [4.69, 9.17) is 4.74 Å². The summed E-state index contributed by atoms with van der Waals surface area (Å²) in [6.45, 7) is 8.29. The Labute approximate surface area is 161 Å². The van der Waals surface area contributed by atoms with Gasteiger partial charge in [-0.1, -0.05) is 45.0 Å². The molecule has 2 aromatic rings. The highest BCUT2D eigenvalue weighted by Crippen LogP contribution is 2.23. The number of anilines is 1. The number of hydrogen-bond donors (Lipinski definition) is 3. The van der Waals surface area contributed by atoms with Gasteiger partial charge in [0.05, 0.1) is 12.7 Å². The molecule has 0 bridgehead atoms. The molecule has 0 aliphatic rings. The lowest BCUT2D eigenvalue weighted by Gasteiger charge is -2.24. The van der Waals surface area contributed by atoms with Crippen LogP contribution in [0, 0.1) is 0 Å².